The number of hydrogen-bond acceptors (Lipinski definition) is 5. The number of aromatic amines is 1. The van der Waals surface area contributed by atoms with Crippen LogP contribution in [0.15, 0.2) is 67.1 Å². The van der Waals surface area contributed by atoms with Crippen molar-refractivity contribution >= 4 is 5.91 Å². The van der Waals surface area contributed by atoms with Crippen molar-refractivity contribution < 1.29 is 13.9 Å². The van der Waals surface area contributed by atoms with E-state index in [1.54, 1.807) is 48.9 Å². The first kappa shape index (κ1) is 21.8. The normalized spacial score (nSPS) is 15.8. The smallest absolute Gasteiger partial charge is 0.259 e. The summed E-state index contributed by atoms with van der Waals surface area (Å²) in [5.41, 5.74) is 4.06. The fourth-order valence-corrected chi connectivity index (χ4v) is 4.30. The number of carbonyl (C=O) groups excluding carboxylic acids is 1. The fourth-order valence-electron chi connectivity index (χ4n) is 4.30. The van der Waals surface area contributed by atoms with Gasteiger partial charge in [0.25, 0.3) is 5.91 Å². The first-order valence-corrected chi connectivity index (χ1v) is 11.2. The van der Waals surface area contributed by atoms with Crippen molar-refractivity contribution in [1.29, 1.82) is 0 Å². The maximum Gasteiger partial charge on any atom is 0.259 e. The van der Waals surface area contributed by atoms with Crippen LogP contribution in [0.4, 0.5) is 4.39 Å². The number of carbonyl (C=O) groups is 1. The van der Waals surface area contributed by atoms with E-state index in [1.807, 2.05) is 17.9 Å². The molecule has 1 aliphatic rings. The number of nitrogens with one attached hydrogen (secondary N) is 1. The Bertz CT molecular complexity index is 1290. The molecule has 4 aromatic rings. The molecule has 0 saturated carbocycles. The molecule has 0 radical (unpaired) electrons. The predicted molar refractivity (Wildman–Crippen MR) is 125 cm³/mol. The Morgan fingerprint density at radius 2 is 1.97 bits per heavy atom. The Morgan fingerprint density at radius 1 is 1.12 bits per heavy atom. The molecule has 3 aromatic heterocycles. The number of likely N-dealkylation sites (tertiary alicyclic amines) is 1. The first-order chi connectivity index (χ1) is 16.6. The molecule has 1 fully saturated rings. The minimum Gasteiger partial charge on any atom is -0.437 e. The molecule has 0 unspecified atom stereocenters. The van der Waals surface area contributed by atoms with Gasteiger partial charge in [0.15, 0.2) is 0 Å². The summed E-state index contributed by atoms with van der Waals surface area (Å²) < 4.78 is 19.3. The minimum absolute atomic E-state index is 0.0857. The van der Waals surface area contributed by atoms with Crippen molar-refractivity contribution in [1.82, 2.24) is 25.1 Å². The Kier molecular flexibility index (Phi) is 6.03. The molecule has 8 heteroatoms. The van der Waals surface area contributed by atoms with Crippen molar-refractivity contribution in [2.75, 3.05) is 13.1 Å². The predicted octanol–water partition coefficient (Wildman–Crippen LogP) is 5.13. The van der Waals surface area contributed by atoms with Gasteiger partial charge in [0.1, 0.15) is 17.1 Å². The molecule has 1 saturated heterocycles. The molecule has 1 aliphatic heterocycles. The highest BCUT2D eigenvalue weighted by atomic mass is 19.1. The van der Waals surface area contributed by atoms with Crippen molar-refractivity contribution in [3.05, 3.63) is 89.9 Å². The molecule has 0 bridgehead atoms. The van der Waals surface area contributed by atoms with E-state index in [0.29, 0.717) is 24.4 Å². The Balaban J connectivity index is 1.36. The quantitative estimate of drug-likeness (QED) is 0.449. The first-order valence-electron chi connectivity index (χ1n) is 11.2. The number of rotatable bonds is 5. The van der Waals surface area contributed by atoms with E-state index >= 15 is 0 Å². The standard InChI is InChI=1S/C26H24FN5O2/c1-17-6-11-21(14-29-17)34-25-22(5-2-12-28-25)26(33)32-13-3-4-19(16-32)24-23(15-30-31-24)18-7-9-20(27)10-8-18/h2,5-12,14-15,19H,3-4,13,16H2,1H3,(H,30,31)/t19-/m0/s1. The summed E-state index contributed by atoms with van der Waals surface area (Å²) in [6.45, 7) is 3.08. The molecule has 34 heavy (non-hydrogen) atoms. The molecule has 1 atom stereocenters. The molecular formula is C26H24FN5O2. The molecule has 4 heterocycles. The van der Waals surface area contributed by atoms with Gasteiger partial charge < -0.3 is 9.64 Å². The largest absolute Gasteiger partial charge is 0.437 e. The van der Waals surface area contributed by atoms with Gasteiger partial charge >= 0.3 is 0 Å². The summed E-state index contributed by atoms with van der Waals surface area (Å²) >= 11 is 0. The second kappa shape index (κ2) is 9.43. The summed E-state index contributed by atoms with van der Waals surface area (Å²) in [5, 5.41) is 7.34. The van der Waals surface area contributed by atoms with Gasteiger partial charge in [0.05, 0.1) is 12.4 Å². The summed E-state index contributed by atoms with van der Waals surface area (Å²) in [7, 11) is 0. The third kappa shape index (κ3) is 4.52. The Hall–Kier alpha value is -4.07. The molecule has 172 valence electrons. The van der Waals surface area contributed by atoms with Crippen LogP contribution in [0.3, 0.4) is 0 Å². The number of amides is 1. The van der Waals surface area contributed by atoms with Crippen LogP contribution >= 0.6 is 0 Å². The second-order valence-electron chi connectivity index (χ2n) is 8.39. The molecule has 5 rings (SSSR count). The van der Waals surface area contributed by atoms with Crippen LogP contribution in [0.5, 0.6) is 11.6 Å². The molecule has 0 aliphatic carbocycles. The molecule has 1 N–H and O–H groups in total. The topological polar surface area (TPSA) is 84.0 Å². The van der Waals surface area contributed by atoms with Crippen molar-refractivity contribution in [3.63, 3.8) is 0 Å². The molecule has 7 nitrogen and oxygen atoms in total. The van der Waals surface area contributed by atoms with Gasteiger partial charge in [0, 0.05) is 42.2 Å². The summed E-state index contributed by atoms with van der Waals surface area (Å²) in [6.07, 6.45) is 6.75. The highest BCUT2D eigenvalue weighted by molar-refractivity contribution is 5.96. The number of ether oxygens (including phenoxy) is 1. The van der Waals surface area contributed by atoms with Crippen LogP contribution in [-0.2, 0) is 0 Å². The lowest BCUT2D eigenvalue weighted by Gasteiger charge is -2.33. The average Bonchev–Trinajstić information content (AvgIpc) is 3.36. The van der Waals surface area contributed by atoms with Gasteiger partial charge in [0.2, 0.25) is 5.88 Å². The maximum absolute atomic E-state index is 13.5. The van der Waals surface area contributed by atoms with E-state index in [1.165, 1.54) is 12.1 Å². The van der Waals surface area contributed by atoms with Gasteiger partial charge in [-0.25, -0.2) is 9.37 Å². The van der Waals surface area contributed by atoms with Crippen LogP contribution in [-0.4, -0.2) is 44.1 Å². The van der Waals surface area contributed by atoms with E-state index in [-0.39, 0.29) is 23.5 Å². The van der Waals surface area contributed by atoms with Gasteiger partial charge in [-0.1, -0.05) is 12.1 Å². The van der Waals surface area contributed by atoms with Crippen molar-refractivity contribution in [2.24, 2.45) is 0 Å². The van der Waals surface area contributed by atoms with Crippen LogP contribution < -0.4 is 4.74 Å². The van der Waals surface area contributed by atoms with E-state index in [4.69, 9.17) is 4.74 Å². The lowest BCUT2D eigenvalue weighted by Crippen LogP contribution is -2.39. The minimum atomic E-state index is -0.279. The van der Waals surface area contributed by atoms with E-state index in [9.17, 15) is 9.18 Å². The number of halogens is 1. The number of hydrogen-bond donors (Lipinski definition) is 1. The van der Waals surface area contributed by atoms with Crippen LogP contribution in [0, 0.1) is 12.7 Å². The number of pyridine rings is 2. The van der Waals surface area contributed by atoms with E-state index in [0.717, 1.165) is 35.4 Å². The highest BCUT2D eigenvalue weighted by Gasteiger charge is 2.30. The highest BCUT2D eigenvalue weighted by Crippen LogP contribution is 2.34. The van der Waals surface area contributed by atoms with Gasteiger partial charge in [-0.05, 0) is 61.7 Å². The number of piperidine rings is 1. The monoisotopic (exact) mass is 457 g/mol. The van der Waals surface area contributed by atoms with Gasteiger partial charge in [-0.15, -0.1) is 0 Å². The number of aromatic nitrogens is 4. The van der Waals surface area contributed by atoms with Crippen molar-refractivity contribution in [2.45, 2.75) is 25.7 Å². The lowest BCUT2D eigenvalue weighted by atomic mass is 9.90. The second-order valence-corrected chi connectivity index (χ2v) is 8.39. The number of H-pyrrole nitrogens is 1. The number of nitrogens with zero attached hydrogens (tertiary/aromatic N) is 4. The molecular weight excluding hydrogens is 433 g/mol. The Labute approximate surface area is 196 Å². The fraction of sp³-hybridized carbons (Fsp3) is 0.231. The Morgan fingerprint density at radius 3 is 2.76 bits per heavy atom. The number of aryl methyl sites for hydroxylation is 1. The number of benzene rings is 1. The molecule has 0 spiro atoms. The maximum atomic E-state index is 13.5. The SMILES string of the molecule is Cc1ccc(Oc2ncccc2C(=O)N2CCC[C@H](c3[nH]ncc3-c3ccc(F)cc3)C2)cn1. The molecule has 1 amide bonds. The summed E-state index contributed by atoms with van der Waals surface area (Å²) in [5.74, 6) is 0.461. The zero-order valence-corrected chi connectivity index (χ0v) is 18.7. The van der Waals surface area contributed by atoms with Crippen LogP contribution in [0.25, 0.3) is 11.1 Å². The summed E-state index contributed by atoms with van der Waals surface area (Å²) in [4.78, 5) is 23.9. The van der Waals surface area contributed by atoms with E-state index in [2.05, 4.69) is 20.2 Å². The van der Waals surface area contributed by atoms with Crippen LogP contribution in [0.2, 0.25) is 0 Å². The third-order valence-corrected chi connectivity index (χ3v) is 6.04. The zero-order valence-electron chi connectivity index (χ0n) is 18.7. The molecule has 1 aromatic carbocycles. The van der Waals surface area contributed by atoms with E-state index < -0.39 is 0 Å². The van der Waals surface area contributed by atoms with Gasteiger partial charge in [-0.2, -0.15) is 5.10 Å². The average molecular weight is 458 g/mol. The lowest BCUT2D eigenvalue weighted by molar-refractivity contribution is 0.0702. The van der Waals surface area contributed by atoms with Crippen molar-refractivity contribution in [3.8, 4) is 22.8 Å². The zero-order chi connectivity index (χ0) is 23.5. The third-order valence-electron chi connectivity index (χ3n) is 6.04. The summed E-state index contributed by atoms with van der Waals surface area (Å²) in [6, 6.07) is 13.5. The van der Waals surface area contributed by atoms with Crippen LogP contribution in [0.1, 0.15) is 40.5 Å². The van der Waals surface area contributed by atoms with Gasteiger partial charge in [-0.3, -0.25) is 14.9 Å².